The van der Waals surface area contributed by atoms with Crippen LogP contribution in [0.4, 0.5) is 0 Å². The number of nitrogens with zero attached hydrogens (tertiary/aromatic N) is 2. The van der Waals surface area contributed by atoms with E-state index < -0.39 is 0 Å². The number of carbonyl (C=O) groups excluding carboxylic acids is 1. The lowest BCUT2D eigenvalue weighted by Crippen LogP contribution is -2.45. The topological polar surface area (TPSA) is 46.5 Å². The molecule has 1 amide bonds. The average molecular weight is 490 g/mol. The molecule has 0 bridgehead atoms. The second kappa shape index (κ2) is 13.0. The van der Waals surface area contributed by atoms with Gasteiger partial charge in [-0.1, -0.05) is 47.3 Å². The molecule has 1 aromatic heterocycles. The van der Waals surface area contributed by atoms with Crippen molar-refractivity contribution in [3.05, 3.63) is 58.3 Å². The first-order chi connectivity index (χ1) is 15.2. The maximum Gasteiger partial charge on any atom is 0.237 e. The standard InChI is InChI=1S/C25H36BrN3O2/c1-2-31-17-7-15-27-18-25(30)29(23-8-4-3-5-9-23)20-24-10-6-16-28(24)19-21-11-13-22(26)14-12-21/h6,10-14,16,23,27H,2-5,7-9,15,17-20H2,1H3. The number of benzene rings is 1. The molecule has 1 aromatic carbocycles. The summed E-state index contributed by atoms with van der Waals surface area (Å²) in [5, 5.41) is 3.32. The second-order valence-electron chi connectivity index (χ2n) is 8.29. The molecule has 2 aromatic rings. The first-order valence-electron chi connectivity index (χ1n) is 11.6. The first-order valence-corrected chi connectivity index (χ1v) is 12.4. The van der Waals surface area contributed by atoms with E-state index in [0.29, 0.717) is 19.1 Å². The van der Waals surface area contributed by atoms with Gasteiger partial charge in [0.2, 0.25) is 5.91 Å². The zero-order valence-corrected chi connectivity index (χ0v) is 20.3. The lowest BCUT2D eigenvalue weighted by molar-refractivity contribution is -0.134. The van der Waals surface area contributed by atoms with Gasteiger partial charge in [-0.3, -0.25) is 4.79 Å². The minimum Gasteiger partial charge on any atom is -0.382 e. The van der Waals surface area contributed by atoms with Crippen LogP contribution in [0.15, 0.2) is 47.1 Å². The molecule has 1 saturated carbocycles. The van der Waals surface area contributed by atoms with E-state index in [1.807, 2.05) is 6.92 Å². The molecule has 1 aliphatic carbocycles. The van der Waals surface area contributed by atoms with Crippen molar-refractivity contribution in [3.63, 3.8) is 0 Å². The Balaban J connectivity index is 1.62. The monoisotopic (exact) mass is 489 g/mol. The molecule has 1 aliphatic rings. The van der Waals surface area contributed by atoms with E-state index in [-0.39, 0.29) is 5.91 Å². The average Bonchev–Trinajstić information content (AvgIpc) is 3.23. The van der Waals surface area contributed by atoms with Crippen molar-refractivity contribution < 1.29 is 9.53 Å². The molecule has 3 rings (SSSR count). The van der Waals surface area contributed by atoms with Crippen LogP contribution in [-0.2, 0) is 22.6 Å². The van der Waals surface area contributed by atoms with Gasteiger partial charge in [0.15, 0.2) is 0 Å². The quantitative estimate of drug-likeness (QED) is 0.427. The van der Waals surface area contributed by atoms with Gasteiger partial charge in [-0.25, -0.2) is 0 Å². The predicted molar refractivity (Wildman–Crippen MR) is 129 cm³/mol. The molecule has 1 heterocycles. The molecule has 31 heavy (non-hydrogen) atoms. The van der Waals surface area contributed by atoms with E-state index in [1.165, 1.54) is 30.5 Å². The number of nitrogens with one attached hydrogen (secondary N) is 1. The summed E-state index contributed by atoms with van der Waals surface area (Å²) in [4.78, 5) is 15.3. The van der Waals surface area contributed by atoms with Crippen LogP contribution in [0.5, 0.6) is 0 Å². The third-order valence-electron chi connectivity index (χ3n) is 5.98. The van der Waals surface area contributed by atoms with Crippen LogP contribution in [0.2, 0.25) is 0 Å². The van der Waals surface area contributed by atoms with Crippen LogP contribution in [0.3, 0.4) is 0 Å². The van der Waals surface area contributed by atoms with Crippen molar-refractivity contribution >= 4 is 21.8 Å². The third kappa shape index (κ3) is 7.78. The van der Waals surface area contributed by atoms with Gasteiger partial charge in [0.25, 0.3) is 0 Å². The molecule has 1 N–H and O–H groups in total. The Morgan fingerprint density at radius 2 is 1.97 bits per heavy atom. The van der Waals surface area contributed by atoms with Crippen molar-refractivity contribution in [3.8, 4) is 0 Å². The summed E-state index contributed by atoms with van der Waals surface area (Å²) in [7, 11) is 0. The van der Waals surface area contributed by atoms with E-state index in [0.717, 1.165) is 50.0 Å². The summed E-state index contributed by atoms with van der Waals surface area (Å²) in [5.41, 5.74) is 2.45. The number of amides is 1. The fourth-order valence-corrected chi connectivity index (χ4v) is 4.53. The highest BCUT2D eigenvalue weighted by Gasteiger charge is 2.26. The molecule has 0 saturated heterocycles. The summed E-state index contributed by atoms with van der Waals surface area (Å²) in [6.07, 6.45) is 9.00. The largest absolute Gasteiger partial charge is 0.382 e. The SMILES string of the molecule is CCOCCCNCC(=O)N(Cc1cccn1Cc1ccc(Br)cc1)C1CCCCC1. The second-order valence-corrected chi connectivity index (χ2v) is 9.21. The van der Waals surface area contributed by atoms with Gasteiger partial charge in [0.1, 0.15) is 0 Å². The lowest BCUT2D eigenvalue weighted by atomic mass is 9.94. The molecule has 0 radical (unpaired) electrons. The van der Waals surface area contributed by atoms with Gasteiger partial charge in [-0.05, 0) is 62.6 Å². The van der Waals surface area contributed by atoms with Crippen LogP contribution in [-0.4, -0.2) is 47.7 Å². The van der Waals surface area contributed by atoms with Gasteiger partial charge in [-0.2, -0.15) is 0 Å². The maximum absolute atomic E-state index is 13.2. The van der Waals surface area contributed by atoms with Gasteiger partial charge < -0.3 is 19.5 Å². The third-order valence-corrected chi connectivity index (χ3v) is 6.51. The van der Waals surface area contributed by atoms with E-state index in [1.54, 1.807) is 0 Å². The van der Waals surface area contributed by atoms with E-state index in [9.17, 15) is 4.79 Å². The maximum atomic E-state index is 13.2. The number of ether oxygens (including phenoxy) is 1. The number of carbonyl (C=O) groups is 1. The molecule has 5 nitrogen and oxygen atoms in total. The molecule has 170 valence electrons. The molecule has 0 aliphatic heterocycles. The van der Waals surface area contributed by atoms with E-state index >= 15 is 0 Å². The summed E-state index contributed by atoms with van der Waals surface area (Å²) in [6.45, 7) is 6.19. The highest BCUT2D eigenvalue weighted by atomic mass is 79.9. The molecule has 0 spiro atoms. The summed E-state index contributed by atoms with van der Waals surface area (Å²) >= 11 is 3.50. The zero-order chi connectivity index (χ0) is 21.9. The number of rotatable bonds is 12. The Hall–Kier alpha value is -1.63. The minimum atomic E-state index is 0.208. The Morgan fingerprint density at radius 1 is 1.19 bits per heavy atom. The molecular weight excluding hydrogens is 454 g/mol. The van der Waals surface area contributed by atoms with Crippen LogP contribution < -0.4 is 5.32 Å². The molecular formula is C25H36BrN3O2. The molecule has 0 atom stereocenters. The first kappa shape index (κ1) is 24.0. The number of halogens is 1. The highest BCUT2D eigenvalue weighted by molar-refractivity contribution is 9.10. The lowest BCUT2D eigenvalue weighted by Gasteiger charge is -2.35. The Morgan fingerprint density at radius 3 is 2.71 bits per heavy atom. The summed E-state index contributed by atoms with van der Waals surface area (Å²) < 4.78 is 8.74. The molecule has 0 unspecified atom stereocenters. The minimum absolute atomic E-state index is 0.208. The van der Waals surface area contributed by atoms with Crippen LogP contribution in [0.1, 0.15) is 56.7 Å². The van der Waals surface area contributed by atoms with Crippen molar-refractivity contribution in [1.29, 1.82) is 0 Å². The van der Waals surface area contributed by atoms with Gasteiger partial charge >= 0.3 is 0 Å². The van der Waals surface area contributed by atoms with E-state index in [2.05, 4.69) is 73.3 Å². The van der Waals surface area contributed by atoms with Gasteiger partial charge in [0.05, 0.1) is 13.1 Å². The fraction of sp³-hybridized carbons (Fsp3) is 0.560. The number of aromatic nitrogens is 1. The van der Waals surface area contributed by atoms with Crippen molar-refractivity contribution in [1.82, 2.24) is 14.8 Å². The predicted octanol–water partition coefficient (Wildman–Crippen LogP) is 4.98. The highest BCUT2D eigenvalue weighted by Crippen LogP contribution is 2.24. The normalized spacial score (nSPS) is 14.6. The fourth-order valence-electron chi connectivity index (χ4n) is 4.26. The summed E-state index contributed by atoms with van der Waals surface area (Å²) in [5.74, 6) is 0.208. The van der Waals surface area contributed by atoms with Crippen molar-refractivity contribution in [2.24, 2.45) is 0 Å². The Bertz CT molecular complexity index is 784. The smallest absolute Gasteiger partial charge is 0.237 e. The number of hydrogen-bond acceptors (Lipinski definition) is 3. The van der Waals surface area contributed by atoms with Crippen LogP contribution in [0, 0.1) is 0 Å². The number of hydrogen-bond donors (Lipinski definition) is 1. The van der Waals surface area contributed by atoms with Gasteiger partial charge in [-0.15, -0.1) is 0 Å². The van der Waals surface area contributed by atoms with E-state index in [4.69, 9.17) is 4.74 Å². The Kier molecular flexibility index (Phi) is 10.1. The Labute approximate surface area is 195 Å². The van der Waals surface area contributed by atoms with Gasteiger partial charge in [0, 0.05) is 42.2 Å². The molecule has 6 heteroatoms. The summed E-state index contributed by atoms with van der Waals surface area (Å²) in [6, 6.07) is 13.0. The molecule has 1 fully saturated rings. The van der Waals surface area contributed by atoms with Crippen molar-refractivity contribution in [2.75, 3.05) is 26.3 Å². The van der Waals surface area contributed by atoms with Crippen LogP contribution in [0.25, 0.3) is 0 Å². The zero-order valence-electron chi connectivity index (χ0n) is 18.7. The van der Waals surface area contributed by atoms with Crippen molar-refractivity contribution in [2.45, 2.75) is 64.6 Å². The van der Waals surface area contributed by atoms with Crippen LogP contribution >= 0.6 is 15.9 Å².